The average Bonchev–Trinajstić information content (AvgIpc) is 2.21. The van der Waals surface area contributed by atoms with E-state index in [1.807, 2.05) is 20.8 Å². The van der Waals surface area contributed by atoms with Gasteiger partial charge in [0.2, 0.25) is 0 Å². The molecule has 0 aliphatic carbocycles. The van der Waals surface area contributed by atoms with E-state index < -0.39 is 11.7 Å². The van der Waals surface area contributed by atoms with Crippen LogP contribution in [0, 0.1) is 0 Å². The Labute approximate surface area is 113 Å². The molecule has 0 atom stereocenters. The van der Waals surface area contributed by atoms with Crippen molar-refractivity contribution in [3.05, 3.63) is 0 Å². The molecule has 0 fully saturated rings. The van der Waals surface area contributed by atoms with Gasteiger partial charge in [0.25, 0.3) is 0 Å². The van der Waals surface area contributed by atoms with Crippen LogP contribution in [0.25, 0.3) is 0 Å². The molecule has 0 aliphatic rings. The molecule has 0 radical (unpaired) electrons. The number of unbranched alkanes of at least 4 members (excludes halogenated alkanes) is 2. The van der Waals surface area contributed by atoms with Gasteiger partial charge in [-0.1, -0.05) is 18.0 Å². The van der Waals surface area contributed by atoms with Gasteiger partial charge >= 0.3 is 12.1 Å². The van der Waals surface area contributed by atoms with E-state index >= 15 is 0 Å². The first-order chi connectivity index (χ1) is 8.35. The summed E-state index contributed by atoms with van der Waals surface area (Å²) in [4.78, 5) is 22.2. The number of alkyl carbamates (subject to hydrolysis) is 1. The van der Waals surface area contributed by atoms with Crippen molar-refractivity contribution in [3.63, 3.8) is 0 Å². The van der Waals surface area contributed by atoms with Crippen molar-refractivity contribution in [2.75, 3.05) is 12.6 Å². The molecule has 0 rings (SSSR count). The highest BCUT2D eigenvalue weighted by molar-refractivity contribution is 6.17. The second kappa shape index (κ2) is 9.03. The summed E-state index contributed by atoms with van der Waals surface area (Å²) in [5, 5.41) is 2.65. The molecule has 1 amide bonds. The van der Waals surface area contributed by atoms with E-state index in [1.54, 1.807) is 0 Å². The van der Waals surface area contributed by atoms with Gasteiger partial charge in [-0.05, 0) is 33.6 Å². The number of hydrogen-bond acceptors (Lipinski definition) is 4. The molecular formula is C12H22ClNO4. The van der Waals surface area contributed by atoms with Gasteiger partial charge in [-0.15, -0.1) is 0 Å². The predicted molar refractivity (Wildman–Crippen MR) is 69.5 cm³/mol. The zero-order valence-corrected chi connectivity index (χ0v) is 12.0. The van der Waals surface area contributed by atoms with Crippen LogP contribution in [0.3, 0.4) is 0 Å². The number of hydrogen-bond donors (Lipinski definition) is 1. The second-order valence-electron chi connectivity index (χ2n) is 4.86. The van der Waals surface area contributed by atoms with E-state index in [2.05, 4.69) is 10.1 Å². The molecule has 0 saturated heterocycles. The predicted octanol–water partition coefficient (Wildman–Crippen LogP) is 2.81. The van der Waals surface area contributed by atoms with Crippen LogP contribution in [-0.2, 0) is 14.3 Å². The number of ether oxygens (including phenoxy) is 2. The van der Waals surface area contributed by atoms with E-state index in [9.17, 15) is 9.59 Å². The van der Waals surface area contributed by atoms with E-state index in [0.29, 0.717) is 13.0 Å². The van der Waals surface area contributed by atoms with Crippen molar-refractivity contribution in [1.82, 2.24) is 5.32 Å². The molecule has 106 valence electrons. The minimum Gasteiger partial charge on any atom is -0.449 e. The molecule has 18 heavy (non-hydrogen) atoms. The normalized spacial score (nSPS) is 10.9. The first-order valence-electron chi connectivity index (χ1n) is 6.03. The van der Waals surface area contributed by atoms with Crippen LogP contribution in [0.15, 0.2) is 0 Å². The summed E-state index contributed by atoms with van der Waals surface area (Å²) in [6.45, 7) is 5.98. The van der Waals surface area contributed by atoms with Gasteiger partial charge in [-0.25, -0.2) is 4.79 Å². The third-order valence-electron chi connectivity index (χ3n) is 1.94. The molecule has 5 nitrogen and oxygen atoms in total. The Hall–Kier alpha value is -0.970. The highest BCUT2D eigenvalue weighted by atomic mass is 35.5. The summed E-state index contributed by atoms with van der Waals surface area (Å²) in [6.07, 6.45) is 2.31. The number of esters is 1. The van der Waals surface area contributed by atoms with Crippen LogP contribution in [0.1, 0.15) is 46.5 Å². The van der Waals surface area contributed by atoms with Crippen LogP contribution in [-0.4, -0.2) is 30.3 Å². The van der Waals surface area contributed by atoms with Gasteiger partial charge in [0.05, 0.1) is 0 Å². The van der Waals surface area contributed by atoms with E-state index in [0.717, 1.165) is 19.3 Å². The number of nitrogens with one attached hydrogen (secondary N) is 1. The smallest absolute Gasteiger partial charge is 0.407 e. The summed E-state index contributed by atoms with van der Waals surface area (Å²) in [7, 11) is 0. The average molecular weight is 280 g/mol. The van der Waals surface area contributed by atoms with Crippen molar-refractivity contribution in [2.45, 2.75) is 52.1 Å². The SMILES string of the molecule is CC(C)(C)OC(=O)NCCCCCC(=O)OCCl. The van der Waals surface area contributed by atoms with Gasteiger partial charge < -0.3 is 14.8 Å². The molecule has 0 aliphatic heterocycles. The van der Waals surface area contributed by atoms with Crippen LogP contribution < -0.4 is 5.32 Å². The minimum atomic E-state index is -0.477. The fraction of sp³-hybridized carbons (Fsp3) is 0.833. The van der Waals surface area contributed by atoms with Gasteiger partial charge in [-0.2, -0.15) is 0 Å². The Morgan fingerprint density at radius 3 is 2.39 bits per heavy atom. The lowest BCUT2D eigenvalue weighted by molar-refractivity contribution is -0.141. The van der Waals surface area contributed by atoms with Gasteiger partial charge in [0.1, 0.15) is 5.60 Å². The summed E-state index contributed by atoms with van der Waals surface area (Å²) in [5.41, 5.74) is -0.477. The molecule has 1 N–H and O–H groups in total. The van der Waals surface area contributed by atoms with E-state index in [4.69, 9.17) is 16.3 Å². The lowest BCUT2D eigenvalue weighted by Gasteiger charge is -2.19. The molecule has 0 aromatic carbocycles. The second-order valence-corrected chi connectivity index (χ2v) is 5.08. The minimum absolute atomic E-state index is 0.0982. The largest absolute Gasteiger partial charge is 0.449 e. The third-order valence-corrected chi connectivity index (χ3v) is 2.05. The topological polar surface area (TPSA) is 64.6 Å². The quantitative estimate of drug-likeness (QED) is 0.442. The third kappa shape index (κ3) is 11.5. The number of carbonyl (C=O) groups excluding carboxylic acids is 2. The molecular weight excluding hydrogens is 258 g/mol. The lowest BCUT2D eigenvalue weighted by Crippen LogP contribution is -2.32. The van der Waals surface area contributed by atoms with Crippen molar-refractivity contribution in [1.29, 1.82) is 0 Å². The van der Waals surface area contributed by atoms with E-state index in [-0.39, 0.29) is 12.0 Å². The van der Waals surface area contributed by atoms with Gasteiger partial charge in [0.15, 0.2) is 6.07 Å². The summed E-state index contributed by atoms with van der Waals surface area (Å²) in [6, 6.07) is -0.0982. The molecule has 0 unspecified atom stereocenters. The van der Waals surface area contributed by atoms with Gasteiger partial charge in [-0.3, -0.25) is 4.79 Å². The highest BCUT2D eigenvalue weighted by Crippen LogP contribution is 2.06. The molecule has 0 bridgehead atoms. The van der Waals surface area contributed by atoms with Crippen LogP contribution >= 0.6 is 11.6 Å². The standard InChI is InChI=1S/C12H22ClNO4/c1-12(2,3)18-11(16)14-8-6-4-5-7-10(15)17-9-13/h4-9H2,1-3H3,(H,14,16). The van der Waals surface area contributed by atoms with Gasteiger partial charge in [0, 0.05) is 13.0 Å². The van der Waals surface area contributed by atoms with Crippen molar-refractivity contribution < 1.29 is 19.1 Å². The zero-order chi connectivity index (χ0) is 14.0. The maximum Gasteiger partial charge on any atom is 0.407 e. The molecule has 0 aromatic heterocycles. The Bertz CT molecular complexity index is 263. The number of alkyl halides is 1. The van der Waals surface area contributed by atoms with Crippen molar-refractivity contribution in [2.24, 2.45) is 0 Å². The Kier molecular flexibility index (Phi) is 8.54. The van der Waals surface area contributed by atoms with Crippen LogP contribution in [0.2, 0.25) is 0 Å². The van der Waals surface area contributed by atoms with Crippen molar-refractivity contribution in [3.8, 4) is 0 Å². The van der Waals surface area contributed by atoms with Crippen LogP contribution in [0.5, 0.6) is 0 Å². The molecule has 0 saturated carbocycles. The summed E-state index contributed by atoms with van der Waals surface area (Å²) in [5.74, 6) is -0.287. The Morgan fingerprint density at radius 1 is 1.17 bits per heavy atom. The maximum absolute atomic E-state index is 11.3. The summed E-state index contributed by atoms with van der Waals surface area (Å²) < 4.78 is 9.65. The Balaban J connectivity index is 3.41. The zero-order valence-electron chi connectivity index (χ0n) is 11.3. The lowest BCUT2D eigenvalue weighted by atomic mass is 10.2. The highest BCUT2D eigenvalue weighted by Gasteiger charge is 2.15. The van der Waals surface area contributed by atoms with Crippen LogP contribution in [0.4, 0.5) is 4.79 Å². The van der Waals surface area contributed by atoms with Crippen molar-refractivity contribution >= 4 is 23.7 Å². The number of carbonyl (C=O) groups is 2. The molecule has 0 aromatic rings. The summed E-state index contributed by atoms with van der Waals surface area (Å²) >= 11 is 5.24. The fourth-order valence-corrected chi connectivity index (χ4v) is 1.33. The number of halogens is 1. The fourth-order valence-electron chi connectivity index (χ4n) is 1.21. The molecule has 6 heteroatoms. The first-order valence-corrected chi connectivity index (χ1v) is 6.57. The number of amides is 1. The first kappa shape index (κ1) is 17.0. The number of rotatable bonds is 7. The van der Waals surface area contributed by atoms with E-state index in [1.165, 1.54) is 0 Å². The molecule has 0 heterocycles. The monoisotopic (exact) mass is 279 g/mol. The Morgan fingerprint density at radius 2 is 1.83 bits per heavy atom. The maximum atomic E-state index is 11.3. The molecule has 0 spiro atoms.